The van der Waals surface area contributed by atoms with Gasteiger partial charge in [-0.3, -0.25) is 9.69 Å². The molecule has 2 aliphatic heterocycles. The van der Waals surface area contributed by atoms with E-state index >= 15 is 0 Å². The summed E-state index contributed by atoms with van der Waals surface area (Å²) in [7, 11) is 1.88. The first-order chi connectivity index (χ1) is 16.9. The van der Waals surface area contributed by atoms with Gasteiger partial charge in [-0.1, -0.05) is 36.4 Å². The van der Waals surface area contributed by atoms with Crippen molar-refractivity contribution in [3.8, 4) is 11.5 Å². The molecule has 184 valence electrons. The molecular weight excluding hydrogens is 440 g/mol. The van der Waals surface area contributed by atoms with Crippen LogP contribution in [0, 0.1) is 5.92 Å². The van der Waals surface area contributed by atoms with Gasteiger partial charge in [0.1, 0.15) is 6.10 Å². The van der Waals surface area contributed by atoms with Crippen molar-refractivity contribution < 1.29 is 19.7 Å². The lowest BCUT2D eigenvalue weighted by Crippen LogP contribution is -2.78. The number of nitrogens with zero attached hydrogens (tertiary/aromatic N) is 2. The smallest absolute Gasteiger partial charge is 0.227 e. The van der Waals surface area contributed by atoms with E-state index in [9.17, 15) is 15.0 Å². The Hall–Kier alpha value is -2.57. The van der Waals surface area contributed by atoms with Crippen molar-refractivity contribution in [2.24, 2.45) is 5.92 Å². The predicted molar refractivity (Wildman–Crippen MR) is 131 cm³/mol. The number of likely N-dealkylation sites (N-methyl/N-ethyl adjacent to an activating group) is 1. The zero-order chi connectivity index (χ0) is 23.9. The lowest BCUT2D eigenvalue weighted by Gasteiger charge is -2.64. The highest BCUT2D eigenvalue weighted by Gasteiger charge is 2.73. The second kappa shape index (κ2) is 7.47. The SMILES string of the molecule is CN(C(=O)Cc1ccccc1)[C@H]1CC[C@@]2(O)[C@H]3Cc4ccc(O)c5c4[C@@]2(CCN3CC2CC2)[C@H]1O5. The van der Waals surface area contributed by atoms with Crippen LogP contribution in [0.5, 0.6) is 11.5 Å². The van der Waals surface area contributed by atoms with Crippen LogP contribution in [0.25, 0.3) is 0 Å². The number of phenolic OH excluding ortho intramolecular Hbond substituents is 1. The molecule has 2 N–H and O–H groups in total. The Morgan fingerprint density at radius 3 is 2.71 bits per heavy atom. The minimum Gasteiger partial charge on any atom is -0.504 e. The molecule has 5 atom stereocenters. The molecule has 6 heteroatoms. The summed E-state index contributed by atoms with van der Waals surface area (Å²) in [6, 6.07) is 13.5. The van der Waals surface area contributed by atoms with Crippen molar-refractivity contribution in [3.63, 3.8) is 0 Å². The topological polar surface area (TPSA) is 73.2 Å². The van der Waals surface area contributed by atoms with Crippen molar-refractivity contribution in [2.45, 2.75) is 74.1 Å². The highest BCUT2D eigenvalue weighted by atomic mass is 16.5. The van der Waals surface area contributed by atoms with Gasteiger partial charge in [-0.05, 0) is 68.2 Å². The summed E-state index contributed by atoms with van der Waals surface area (Å²) < 4.78 is 6.61. The number of carbonyl (C=O) groups excluding carboxylic acids is 1. The van der Waals surface area contributed by atoms with E-state index in [2.05, 4.69) is 4.90 Å². The number of carbonyl (C=O) groups is 1. The van der Waals surface area contributed by atoms with E-state index in [-0.39, 0.29) is 29.8 Å². The first-order valence-electron chi connectivity index (χ1n) is 13.2. The molecule has 0 radical (unpaired) electrons. The number of amides is 1. The fraction of sp³-hybridized carbons (Fsp3) is 0.552. The van der Waals surface area contributed by atoms with Gasteiger partial charge in [0.25, 0.3) is 0 Å². The van der Waals surface area contributed by atoms with E-state index in [1.807, 2.05) is 48.3 Å². The lowest BCUT2D eigenvalue weighted by atomic mass is 9.48. The third kappa shape index (κ3) is 2.93. The van der Waals surface area contributed by atoms with Gasteiger partial charge >= 0.3 is 0 Å². The average Bonchev–Trinajstić information content (AvgIpc) is 3.60. The molecule has 3 aliphatic carbocycles. The summed E-state index contributed by atoms with van der Waals surface area (Å²) in [5.74, 6) is 1.50. The van der Waals surface area contributed by atoms with Crippen molar-refractivity contribution >= 4 is 5.91 Å². The number of hydrogen-bond donors (Lipinski definition) is 2. The first-order valence-corrected chi connectivity index (χ1v) is 13.2. The summed E-state index contributed by atoms with van der Waals surface area (Å²) in [6.45, 7) is 1.99. The fourth-order valence-corrected chi connectivity index (χ4v) is 7.93. The Balaban J connectivity index is 1.28. The minimum absolute atomic E-state index is 0.0530. The second-order valence-corrected chi connectivity index (χ2v) is 11.6. The van der Waals surface area contributed by atoms with Crippen LogP contribution in [-0.4, -0.2) is 69.8 Å². The number of hydrogen-bond acceptors (Lipinski definition) is 5. The van der Waals surface area contributed by atoms with Gasteiger partial charge in [0, 0.05) is 25.2 Å². The Morgan fingerprint density at radius 1 is 1.14 bits per heavy atom. The molecule has 35 heavy (non-hydrogen) atoms. The van der Waals surface area contributed by atoms with Crippen LogP contribution in [0.4, 0.5) is 0 Å². The van der Waals surface area contributed by atoms with Crippen LogP contribution in [-0.2, 0) is 23.1 Å². The van der Waals surface area contributed by atoms with E-state index < -0.39 is 11.0 Å². The monoisotopic (exact) mass is 474 g/mol. The van der Waals surface area contributed by atoms with Crippen LogP contribution in [0.3, 0.4) is 0 Å². The highest BCUT2D eigenvalue weighted by Crippen LogP contribution is 2.66. The van der Waals surface area contributed by atoms with Gasteiger partial charge in [-0.25, -0.2) is 0 Å². The summed E-state index contributed by atoms with van der Waals surface area (Å²) in [5, 5.41) is 23.4. The van der Waals surface area contributed by atoms with Crippen LogP contribution < -0.4 is 4.74 Å². The zero-order valence-electron chi connectivity index (χ0n) is 20.3. The van der Waals surface area contributed by atoms with Crippen molar-refractivity contribution in [2.75, 3.05) is 20.1 Å². The molecule has 6 nitrogen and oxygen atoms in total. The quantitative estimate of drug-likeness (QED) is 0.697. The van der Waals surface area contributed by atoms with Gasteiger partial charge in [0.2, 0.25) is 5.91 Å². The lowest BCUT2D eigenvalue weighted by molar-refractivity contribution is -0.200. The third-order valence-electron chi connectivity index (χ3n) is 9.82. The number of aromatic hydroxyl groups is 1. The Labute approximate surface area is 206 Å². The van der Waals surface area contributed by atoms with Crippen LogP contribution >= 0.6 is 0 Å². The molecule has 1 spiro atoms. The number of aliphatic hydroxyl groups is 1. The molecule has 0 aromatic heterocycles. The maximum atomic E-state index is 13.4. The van der Waals surface area contributed by atoms with E-state index in [0.29, 0.717) is 25.0 Å². The molecule has 7 rings (SSSR count). The fourth-order valence-electron chi connectivity index (χ4n) is 7.93. The molecule has 1 amide bonds. The standard InChI is InChI=1S/C29H34N2O4/c1-30(24(33)15-18-5-3-2-4-6-18)21-11-12-29(34)23-16-20-9-10-22(32)26-25(20)28(29,27(21)35-26)13-14-31(23)17-19-7-8-19/h2-6,9-10,19,21,23,27,32,34H,7-8,11-17H2,1H3/t21-,23+,27-,28-,29+/m0/s1. The van der Waals surface area contributed by atoms with Gasteiger partial charge in [-0.2, -0.15) is 0 Å². The minimum atomic E-state index is -0.920. The predicted octanol–water partition coefficient (Wildman–Crippen LogP) is 3.03. The van der Waals surface area contributed by atoms with Gasteiger partial charge in [-0.15, -0.1) is 0 Å². The van der Waals surface area contributed by atoms with Crippen LogP contribution in [0.15, 0.2) is 42.5 Å². The summed E-state index contributed by atoms with van der Waals surface area (Å²) in [6.07, 6.45) is 5.49. The zero-order valence-corrected chi connectivity index (χ0v) is 20.3. The average molecular weight is 475 g/mol. The number of benzene rings is 2. The molecule has 2 heterocycles. The third-order valence-corrected chi connectivity index (χ3v) is 9.82. The molecule has 2 aromatic carbocycles. The molecule has 2 saturated carbocycles. The number of ether oxygens (including phenoxy) is 1. The number of piperidine rings is 1. The van der Waals surface area contributed by atoms with Crippen LogP contribution in [0.1, 0.15) is 48.8 Å². The summed E-state index contributed by atoms with van der Waals surface area (Å²) >= 11 is 0. The van der Waals surface area contributed by atoms with E-state index in [0.717, 1.165) is 43.0 Å². The molecule has 5 aliphatic rings. The molecule has 2 aromatic rings. The molecule has 2 bridgehead atoms. The molecule has 1 saturated heterocycles. The molecular formula is C29H34N2O4. The number of likely N-dealkylation sites (tertiary alicyclic amines) is 1. The van der Waals surface area contributed by atoms with Gasteiger partial charge in [0.15, 0.2) is 11.5 Å². The van der Waals surface area contributed by atoms with Crippen molar-refractivity contribution in [1.29, 1.82) is 0 Å². The second-order valence-electron chi connectivity index (χ2n) is 11.6. The Bertz CT molecular complexity index is 1180. The van der Waals surface area contributed by atoms with Crippen LogP contribution in [0.2, 0.25) is 0 Å². The largest absolute Gasteiger partial charge is 0.504 e. The summed E-state index contributed by atoms with van der Waals surface area (Å²) in [4.78, 5) is 17.8. The van der Waals surface area contributed by atoms with E-state index in [4.69, 9.17) is 4.74 Å². The molecule has 0 unspecified atom stereocenters. The Kier molecular flexibility index (Phi) is 4.63. The van der Waals surface area contributed by atoms with E-state index in [1.165, 1.54) is 18.4 Å². The number of phenols is 1. The van der Waals surface area contributed by atoms with Gasteiger partial charge < -0.3 is 19.8 Å². The maximum Gasteiger partial charge on any atom is 0.227 e. The van der Waals surface area contributed by atoms with E-state index in [1.54, 1.807) is 6.07 Å². The van der Waals surface area contributed by atoms with Gasteiger partial charge in [0.05, 0.1) is 23.5 Å². The maximum absolute atomic E-state index is 13.4. The first kappa shape index (κ1) is 21.7. The number of rotatable bonds is 5. The Morgan fingerprint density at radius 2 is 1.94 bits per heavy atom. The summed E-state index contributed by atoms with van der Waals surface area (Å²) in [5.41, 5.74) is 1.69. The van der Waals surface area contributed by atoms with Crippen molar-refractivity contribution in [1.82, 2.24) is 9.80 Å². The molecule has 3 fully saturated rings. The van der Waals surface area contributed by atoms with Crippen molar-refractivity contribution in [3.05, 3.63) is 59.2 Å². The normalized spacial score (nSPS) is 34.7. The highest BCUT2D eigenvalue weighted by molar-refractivity contribution is 5.79.